The van der Waals surface area contributed by atoms with Crippen LogP contribution in [-0.2, 0) is 6.42 Å². The Morgan fingerprint density at radius 1 is 1.33 bits per heavy atom. The van der Waals surface area contributed by atoms with Crippen LogP contribution in [0.1, 0.15) is 16.1 Å². The molecule has 1 amide bonds. The fraction of sp³-hybridized carbons (Fsp3) is 0.167. The number of aromatic nitrogens is 3. The Kier molecular flexibility index (Phi) is 3.80. The Hall–Kier alpha value is -2.50. The Morgan fingerprint density at radius 2 is 2.11 bits per heavy atom. The topological polar surface area (TPSA) is 87.7 Å². The first-order valence-electron chi connectivity index (χ1n) is 5.47. The minimum absolute atomic E-state index is 0.198. The molecule has 0 aliphatic rings. The smallest absolute Gasteiger partial charge is 0.271 e. The third-order valence-corrected chi connectivity index (χ3v) is 2.35. The first-order valence-corrected chi connectivity index (χ1v) is 5.47. The maximum atomic E-state index is 11.6. The highest BCUT2D eigenvalue weighted by Gasteiger charge is 2.05. The lowest BCUT2D eigenvalue weighted by molar-refractivity contribution is 0.0948. The van der Waals surface area contributed by atoms with E-state index in [0.29, 0.717) is 6.54 Å². The minimum atomic E-state index is -0.330. The van der Waals surface area contributed by atoms with Crippen LogP contribution in [0.25, 0.3) is 0 Å². The maximum absolute atomic E-state index is 11.6. The summed E-state index contributed by atoms with van der Waals surface area (Å²) < 4.78 is 0. The molecule has 2 N–H and O–H groups in total. The fourth-order valence-corrected chi connectivity index (χ4v) is 1.43. The van der Waals surface area contributed by atoms with Gasteiger partial charge in [-0.25, -0.2) is 4.98 Å². The second kappa shape index (κ2) is 5.72. The van der Waals surface area contributed by atoms with Crippen LogP contribution in [-0.4, -0.2) is 27.4 Å². The Labute approximate surface area is 103 Å². The van der Waals surface area contributed by atoms with Gasteiger partial charge in [-0.05, 0) is 24.1 Å². The van der Waals surface area contributed by atoms with E-state index >= 15 is 0 Å². The van der Waals surface area contributed by atoms with Gasteiger partial charge in [0.25, 0.3) is 11.5 Å². The second-order valence-corrected chi connectivity index (χ2v) is 3.66. The molecule has 2 aromatic heterocycles. The SMILES string of the molecule is O=C(NCCc1ccncc1)c1c[nH]c(=O)cn1. The number of pyridine rings is 1. The molecule has 0 unspecified atom stereocenters. The molecule has 0 fully saturated rings. The quantitative estimate of drug-likeness (QED) is 0.800. The largest absolute Gasteiger partial charge is 0.350 e. The van der Waals surface area contributed by atoms with Gasteiger partial charge in [-0.15, -0.1) is 0 Å². The number of hydrogen-bond acceptors (Lipinski definition) is 4. The molecule has 0 spiro atoms. The van der Waals surface area contributed by atoms with E-state index < -0.39 is 0 Å². The number of nitrogens with zero attached hydrogens (tertiary/aromatic N) is 2. The van der Waals surface area contributed by atoms with Crippen molar-refractivity contribution in [2.45, 2.75) is 6.42 Å². The first-order chi connectivity index (χ1) is 8.75. The van der Waals surface area contributed by atoms with E-state index in [9.17, 15) is 9.59 Å². The third-order valence-electron chi connectivity index (χ3n) is 2.35. The van der Waals surface area contributed by atoms with Crippen molar-refractivity contribution in [3.63, 3.8) is 0 Å². The number of rotatable bonds is 4. The number of nitrogens with one attached hydrogen (secondary N) is 2. The zero-order valence-corrected chi connectivity index (χ0v) is 9.59. The molecule has 18 heavy (non-hydrogen) atoms. The van der Waals surface area contributed by atoms with Crippen LogP contribution in [0.3, 0.4) is 0 Å². The summed E-state index contributed by atoms with van der Waals surface area (Å²) >= 11 is 0. The van der Waals surface area contributed by atoms with Crippen LogP contribution in [0.2, 0.25) is 0 Å². The Bertz CT molecular complexity index is 560. The molecule has 2 rings (SSSR count). The molecule has 0 aliphatic carbocycles. The van der Waals surface area contributed by atoms with Crippen molar-refractivity contribution in [2.75, 3.05) is 6.54 Å². The zero-order chi connectivity index (χ0) is 12.8. The average molecular weight is 244 g/mol. The summed E-state index contributed by atoms with van der Waals surface area (Å²) in [6.07, 6.45) is 6.51. The monoisotopic (exact) mass is 244 g/mol. The van der Waals surface area contributed by atoms with Gasteiger partial charge in [-0.3, -0.25) is 14.6 Å². The number of hydrogen-bond donors (Lipinski definition) is 2. The van der Waals surface area contributed by atoms with Gasteiger partial charge in [0, 0.05) is 25.1 Å². The number of H-pyrrole nitrogens is 1. The van der Waals surface area contributed by atoms with Gasteiger partial charge < -0.3 is 10.3 Å². The molecule has 6 heteroatoms. The zero-order valence-electron chi connectivity index (χ0n) is 9.59. The van der Waals surface area contributed by atoms with Crippen molar-refractivity contribution in [3.8, 4) is 0 Å². The van der Waals surface area contributed by atoms with Gasteiger partial charge in [0.1, 0.15) is 5.69 Å². The van der Waals surface area contributed by atoms with Gasteiger partial charge in [0.2, 0.25) is 0 Å². The molecule has 0 aliphatic heterocycles. The number of amides is 1. The molecule has 0 radical (unpaired) electrons. The van der Waals surface area contributed by atoms with E-state index in [1.165, 1.54) is 6.20 Å². The van der Waals surface area contributed by atoms with E-state index in [2.05, 4.69) is 20.3 Å². The summed E-state index contributed by atoms with van der Waals surface area (Å²) in [6, 6.07) is 3.79. The molecule has 0 saturated heterocycles. The van der Waals surface area contributed by atoms with Crippen molar-refractivity contribution in [3.05, 3.63) is 58.5 Å². The van der Waals surface area contributed by atoms with Crippen molar-refractivity contribution >= 4 is 5.91 Å². The molecular formula is C12H12N4O2. The summed E-state index contributed by atoms with van der Waals surface area (Å²) in [7, 11) is 0. The van der Waals surface area contributed by atoms with E-state index in [-0.39, 0.29) is 17.2 Å². The predicted molar refractivity (Wildman–Crippen MR) is 65.1 cm³/mol. The van der Waals surface area contributed by atoms with E-state index in [1.54, 1.807) is 12.4 Å². The van der Waals surface area contributed by atoms with Crippen molar-refractivity contribution in [1.82, 2.24) is 20.3 Å². The van der Waals surface area contributed by atoms with Crippen LogP contribution >= 0.6 is 0 Å². The van der Waals surface area contributed by atoms with Gasteiger partial charge in [0.15, 0.2) is 0 Å². The summed E-state index contributed by atoms with van der Waals surface area (Å²) in [5.74, 6) is -0.305. The summed E-state index contributed by atoms with van der Waals surface area (Å²) in [4.78, 5) is 32.5. The van der Waals surface area contributed by atoms with Crippen LogP contribution < -0.4 is 10.9 Å². The average Bonchev–Trinajstić information content (AvgIpc) is 2.40. The molecule has 2 aromatic rings. The van der Waals surface area contributed by atoms with Crippen LogP contribution in [0.4, 0.5) is 0 Å². The van der Waals surface area contributed by atoms with Crippen LogP contribution in [0, 0.1) is 0 Å². The Morgan fingerprint density at radius 3 is 2.78 bits per heavy atom. The lowest BCUT2D eigenvalue weighted by Crippen LogP contribution is -2.27. The van der Waals surface area contributed by atoms with Gasteiger partial charge >= 0.3 is 0 Å². The number of aromatic amines is 1. The van der Waals surface area contributed by atoms with Crippen LogP contribution in [0.5, 0.6) is 0 Å². The Balaban J connectivity index is 1.85. The first kappa shape index (κ1) is 12.0. The van der Waals surface area contributed by atoms with Crippen LogP contribution in [0.15, 0.2) is 41.7 Å². The van der Waals surface area contributed by atoms with E-state index in [4.69, 9.17) is 0 Å². The summed E-state index contributed by atoms with van der Waals surface area (Å²) in [5.41, 5.74) is 0.965. The second-order valence-electron chi connectivity index (χ2n) is 3.66. The number of carbonyl (C=O) groups excluding carboxylic acids is 1. The molecule has 2 heterocycles. The standard InChI is InChI=1S/C12H12N4O2/c17-11-8-15-10(7-16-11)12(18)14-6-3-9-1-4-13-5-2-9/h1-2,4-5,7-8H,3,6H2,(H,14,18)(H,16,17). The normalized spacial score (nSPS) is 10.0. The van der Waals surface area contributed by atoms with Gasteiger partial charge in [-0.2, -0.15) is 0 Å². The summed E-state index contributed by atoms with van der Waals surface area (Å²) in [6.45, 7) is 0.504. The molecule has 0 atom stereocenters. The maximum Gasteiger partial charge on any atom is 0.271 e. The molecule has 0 saturated carbocycles. The predicted octanol–water partition coefficient (Wildman–Crippen LogP) is 0.137. The number of carbonyl (C=O) groups is 1. The minimum Gasteiger partial charge on any atom is -0.350 e. The van der Waals surface area contributed by atoms with Gasteiger partial charge in [-0.1, -0.05) is 0 Å². The van der Waals surface area contributed by atoms with Gasteiger partial charge in [0.05, 0.1) is 6.20 Å². The molecule has 0 bridgehead atoms. The molecular weight excluding hydrogens is 232 g/mol. The van der Waals surface area contributed by atoms with Crippen molar-refractivity contribution < 1.29 is 4.79 Å². The van der Waals surface area contributed by atoms with E-state index in [1.807, 2.05) is 12.1 Å². The van der Waals surface area contributed by atoms with E-state index in [0.717, 1.165) is 18.2 Å². The lowest BCUT2D eigenvalue weighted by atomic mass is 10.2. The molecule has 0 aromatic carbocycles. The third kappa shape index (κ3) is 3.24. The summed E-state index contributed by atoms with van der Waals surface area (Å²) in [5, 5.41) is 2.72. The highest BCUT2D eigenvalue weighted by molar-refractivity contribution is 5.91. The van der Waals surface area contributed by atoms with Crippen molar-refractivity contribution in [1.29, 1.82) is 0 Å². The fourth-order valence-electron chi connectivity index (χ4n) is 1.43. The highest BCUT2D eigenvalue weighted by Crippen LogP contribution is 1.96. The molecule has 92 valence electrons. The van der Waals surface area contributed by atoms with Crippen molar-refractivity contribution in [2.24, 2.45) is 0 Å². The molecule has 6 nitrogen and oxygen atoms in total. The lowest BCUT2D eigenvalue weighted by Gasteiger charge is -2.04. The highest BCUT2D eigenvalue weighted by atomic mass is 16.2.